The fourth-order valence-corrected chi connectivity index (χ4v) is 3.49. The first-order valence-corrected chi connectivity index (χ1v) is 7.67. The summed E-state index contributed by atoms with van der Waals surface area (Å²) in [6, 6.07) is 5.07. The Morgan fingerprint density at radius 1 is 1.42 bits per heavy atom. The highest BCUT2D eigenvalue weighted by atomic mass is 32.2. The Morgan fingerprint density at radius 2 is 2.11 bits per heavy atom. The fraction of sp³-hybridized carbons (Fsp3) is 0.182. The van der Waals surface area contributed by atoms with Crippen LogP contribution in [0.5, 0.6) is 0 Å². The molecule has 0 bridgehead atoms. The van der Waals surface area contributed by atoms with Crippen molar-refractivity contribution < 1.29 is 17.9 Å². The number of hydrogen-bond acceptors (Lipinski definition) is 5. The molecule has 1 unspecified atom stereocenters. The van der Waals surface area contributed by atoms with E-state index in [1.54, 1.807) is 0 Å². The van der Waals surface area contributed by atoms with E-state index in [1.807, 2.05) is 0 Å². The quantitative estimate of drug-likeness (QED) is 0.907. The lowest BCUT2D eigenvalue weighted by Crippen LogP contribution is -2.14. The van der Waals surface area contributed by atoms with Gasteiger partial charge in [0.05, 0.1) is 11.8 Å². The maximum atomic E-state index is 13.4. The van der Waals surface area contributed by atoms with E-state index in [0.717, 1.165) is 17.4 Å². The highest BCUT2D eigenvalue weighted by molar-refractivity contribution is 7.93. The summed E-state index contributed by atoms with van der Waals surface area (Å²) in [5.74, 6) is -0.831. The second-order valence-corrected chi connectivity index (χ2v) is 6.30. The van der Waals surface area contributed by atoms with Gasteiger partial charge in [0.2, 0.25) is 0 Å². The molecule has 0 aliphatic carbocycles. The first-order valence-electron chi connectivity index (χ1n) is 5.31. The monoisotopic (exact) mass is 302 g/mol. The van der Waals surface area contributed by atoms with Gasteiger partial charge in [0.15, 0.2) is 5.13 Å². The first-order chi connectivity index (χ1) is 8.90. The molecule has 0 aliphatic heterocycles. The van der Waals surface area contributed by atoms with Crippen molar-refractivity contribution in [1.82, 2.24) is 4.98 Å². The van der Waals surface area contributed by atoms with Gasteiger partial charge in [0.25, 0.3) is 10.0 Å². The number of benzene rings is 1. The van der Waals surface area contributed by atoms with Crippen LogP contribution in [0.15, 0.2) is 34.5 Å². The Balaban J connectivity index is 2.29. The highest BCUT2D eigenvalue weighted by Gasteiger charge is 2.20. The number of hydrogen-bond donors (Lipinski definition) is 2. The van der Waals surface area contributed by atoms with Gasteiger partial charge >= 0.3 is 0 Å². The summed E-state index contributed by atoms with van der Waals surface area (Å²) in [5.41, 5.74) is 0.358. The van der Waals surface area contributed by atoms with E-state index in [2.05, 4.69) is 9.71 Å². The zero-order chi connectivity index (χ0) is 14.0. The molecule has 2 rings (SSSR count). The highest BCUT2D eigenvalue weighted by Crippen LogP contribution is 2.24. The number of sulfonamides is 1. The molecule has 1 aromatic heterocycles. The molecule has 8 heteroatoms. The maximum Gasteiger partial charge on any atom is 0.266 e. The number of aromatic nitrogens is 1. The minimum Gasteiger partial charge on any atom is -0.387 e. The average molecular weight is 302 g/mol. The molecule has 5 nitrogen and oxygen atoms in total. The van der Waals surface area contributed by atoms with Crippen LogP contribution in [0.1, 0.15) is 18.7 Å². The second-order valence-electron chi connectivity index (χ2n) is 3.79. The van der Waals surface area contributed by atoms with Crippen molar-refractivity contribution in [3.63, 3.8) is 0 Å². The van der Waals surface area contributed by atoms with Crippen molar-refractivity contribution in [2.24, 2.45) is 0 Å². The minimum atomic E-state index is -4.02. The Morgan fingerprint density at radius 3 is 2.68 bits per heavy atom. The van der Waals surface area contributed by atoms with Gasteiger partial charge in [-0.2, -0.15) is 0 Å². The Bertz CT molecular complexity index is 683. The third-order valence-electron chi connectivity index (χ3n) is 2.30. The van der Waals surface area contributed by atoms with E-state index < -0.39 is 26.8 Å². The lowest BCUT2D eigenvalue weighted by atomic mass is 10.3. The summed E-state index contributed by atoms with van der Waals surface area (Å²) >= 11 is 1.02. The number of halogens is 1. The molecule has 102 valence electrons. The SMILES string of the molecule is CC(O)c1csc(NS(=O)(=O)c2ccccc2F)n1. The molecule has 0 amide bonds. The van der Waals surface area contributed by atoms with Gasteiger partial charge in [-0.3, -0.25) is 4.72 Å². The van der Waals surface area contributed by atoms with Gasteiger partial charge in [0.1, 0.15) is 10.7 Å². The number of anilines is 1. The molecule has 0 radical (unpaired) electrons. The van der Waals surface area contributed by atoms with Crippen LogP contribution in [0, 0.1) is 5.82 Å². The minimum absolute atomic E-state index is 0.0825. The molecule has 0 fully saturated rings. The van der Waals surface area contributed by atoms with Gasteiger partial charge in [0, 0.05) is 5.38 Å². The third-order valence-corrected chi connectivity index (χ3v) is 4.58. The number of nitrogens with one attached hydrogen (secondary N) is 1. The van der Waals surface area contributed by atoms with E-state index in [1.165, 1.54) is 30.5 Å². The van der Waals surface area contributed by atoms with Gasteiger partial charge < -0.3 is 5.11 Å². The van der Waals surface area contributed by atoms with Crippen LogP contribution in [0.2, 0.25) is 0 Å². The van der Waals surface area contributed by atoms with Gasteiger partial charge in [-0.25, -0.2) is 17.8 Å². The molecular weight excluding hydrogens is 291 g/mol. The Kier molecular flexibility index (Phi) is 3.83. The molecule has 2 aromatic rings. The van der Waals surface area contributed by atoms with Gasteiger partial charge in [-0.15, -0.1) is 11.3 Å². The molecular formula is C11H11FN2O3S2. The zero-order valence-corrected chi connectivity index (χ0v) is 11.5. The van der Waals surface area contributed by atoms with Crippen LogP contribution >= 0.6 is 11.3 Å². The van der Waals surface area contributed by atoms with E-state index in [4.69, 9.17) is 0 Å². The topological polar surface area (TPSA) is 79.3 Å². The van der Waals surface area contributed by atoms with Crippen LogP contribution in [0.4, 0.5) is 9.52 Å². The smallest absolute Gasteiger partial charge is 0.266 e. The predicted octanol–water partition coefficient (Wildman–Crippen LogP) is 2.14. The number of aliphatic hydroxyl groups is 1. The molecule has 2 N–H and O–H groups in total. The summed E-state index contributed by atoms with van der Waals surface area (Å²) in [7, 11) is -4.02. The molecule has 0 aliphatic rings. The molecule has 1 heterocycles. The molecule has 1 atom stereocenters. The van der Waals surface area contributed by atoms with Crippen LogP contribution in [0.3, 0.4) is 0 Å². The predicted molar refractivity (Wildman–Crippen MR) is 70.0 cm³/mol. The third kappa shape index (κ3) is 3.09. The second kappa shape index (κ2) is 5.24. The number of nitrogens with zero attached hydrogens (tertiary/aromatic N) is 1. The van der Waals surface area contributed by atoms with E-state index in [-0.39, 0.29) is 5.13 Å². The summed E-state index contributed by atoms with van der Waals surface area (Å²) < 4.78 is 39.5. The summed E-state index contributed by atoms with van der Waals surface area (Å²) in [5, 5.41) is 10.9. The van der Waals surface area contributed by atoms with Crippen LogP contribution in [-0.2, 0) is 10.0 Å². The summed E-state index contributed by atoms with van der Waals surface area (Å²) in [4.78, 5) is 3.46. The number of rotatable bonds is 4. The summed E-state index contributed by atoms with van der Waals surface area (Å²) in [6.45, 7) is 1.52. The van der Waals surface area contributed by atoms with Crippen molar-refractivity contribution in [3.05, 3.63) is 41.2 Å². The Hall–Kier alpha value is -1.51. The molecule has 0 saturated carbocycles. The van der Waals surface area contributed by atoms with Gasteiger partial charge in [-0.05, 0) is 19.1 Å². The van der Waals surface area contributed by atoms with Crippen LogP contribution in [0.25, 0.3) is 0 Å². The molecule has 1 aromatic carbocycles. The zero-order valence-electron chi connectivity index (χ0n) is 9.87. The van der Waals surface area contributed by atoms with Crippen molar-refractivity contribution in [3.8, 4) is 0 Å². The van der Waals surface area contributed by atoms with Crippen molar-refractivity contribution in [2.45, 2.75) is 17.9 Å². The van der Waals surface area contributed by atoms with Crippen LogP contribution < -0.4 is 4.72 Å². The van der Waals surface area contributed by atoms with E-state index in [9.17, 15) is 17.9 Å². The standard InChI is InChI=1S/C11H11FN2O3S2/c1-7(15)9-6-18-11(13-9)14-19(16,17)10-5-3-2-4-8(10)12/h2-7,15H,1H3,(H,13,14). The van der Waals surface area contributed by atoms with Crippen molar-refractivity contribution in [2.75, 3.05) is 4.72 Å². The van der Waals surface area contributed by atoms with Gasteiger partial charge in [-0.1, -0.05) is 12.1 Å². The average Bonchev–Trinajstić information content (AvgIpc) is 2.77. The molecule has 0 spiro atoms. The van der Waals surface area contributed by atoms with Crippen molar-refractivity contribution >= 4 is 26.5 Å². The van der Waals surface area contributed by atoms with E-state index >= 15 is 0 Å². The number of thiazole rings is 1. The maximum absolute atomic E-state index is 13.4. The normalized spacial score (nSPS) is 13.2. The number of aliphatic hydroxyl groups excluding tert-OH is 1. The Labute approximate surface area is 113 Å². The first kappa shape index (κ1) is 13.9. The fourth-order valence-electron chi connectivity index (χ4n) is 1.36. The molecule has 19 heavy (non-hydrogen) atoms. The lowest BCUT2D eigenvalue weighted by molar-refractivity contribution is 0.195. The van der Waals surface area contributed by atoms with Crippen LogP contribution in [-0.4, -0.2) is 18.5 Å². The lowest BCUT2D eigenvalue weighted by Gasteiger charge is -2.05. The van der Waals surface area contributed by atoms with Crippen molar-refractivity contribution in [1.29, 1.82) is 0 Å². The van der Waals surface area contributed by atoms with E-state index in [0.29, 0.717) is 5.69 Å². The molecule has 0 saturated heterocycles. The largest absolute Gasteiger partial charge is 0.387 e. The summed E-state index contributed by atoms with van der Waals surface area (Å²) in [6.07, 6.45) is -0.789.